The molecule has 6 aliphatic rings. The molecule has 44 heavy (non-hydrogen) atoms. The quantitative estimate of drug-likeness (QED) is 0.253. The second kappa shape index (κ2) is 12.0. The van der Waals surface area contributed by atoms with Gasteiger partial charge in [0.05, 0.1) is 18.8 Å². The highest BCUT2D eigenvalue weighted by Crippen LogP contribution is 2.68. The maximum absolute atomic E-state index is 13.1. The molecular formula is C35H51N3O5S. The Hall–Kier alpha value is -2.02. The van der Waals surface area contributed by atoms with Crippen LogP contribution >= 0.6 is 11.8 Å². The fourth-order valence-corrected chi connectivity index (χ4v) is 12.3. The predicted molar refractivity (Wildman–Crippen MR) is 171 cm³/mol. The van der Waals surface area contributed by atoms with Crippen LogP contribution in [0.4, 0.5) is 0 Å². The number of aliphatic hydroxyl groups excluding tert-OH is 2. The lowest BCUT2D eigenvalue weighted by molar-refractivity contribution is -0.174. The summed E-state index contributed by atoms with van der Waals surface area (Å²) in [5.74, 6) is 4.99. The van der Waals surface area contributed by atoms with Crippen molar-refractivity contribution < 1.29 is 24.6 Å². The topological polar surface area (TPSA) is 119 Å². The molecule has 2 aliphatic heterocycles. The molecule has 0 radical (unpaired) electrons. The number of aliphatic hydroxyl groups is 2. The van der Waals surface area contributed by atoms with Crippen molar-refractivity contribution >= 4 is 29.5 Å². The van der Waals surface area contributed by atoms with Crippen LogP contribution in [0.5, 0.6) is 0 Å². The Balaban J connectivity index is 1.05. The third-order valence-corrected chi connectivity index (χ3v) is 14.7. The SMILES string of the molecule is C#CCNC(=O)C1=C(C)CSC2C(NC(=O)CC[C@@H](C)[C@H]3CC[C@H]4[C@@H]5C(O)C[C@@H]6C[C@H](O)CC[C@]6(C)C5CC[C@]34C)C(=O)N12. The van der Waals surface area contributed by atoms with Crippen LogP contribution in [0.15, 0.2) is 11.3 Å². The molecule has 12 atom stereocenters. The van der Waals surface area contributed by atoms with E-state index in [1.54, 1.807) is 11.8 Å². The van der Waals surface area contributed by atoms with E-state index in [2.05, 4.69) is 37.3 Å². The predicted octanol–water partition coefficient (Wildman–Crippen LogP) is 3.82. The molecule has 0 spiro atoms. The monoisotopic (exact) mass is 625 g/mol. The van der Waals surface area contributed by atoms with Crippen molar-refractivity contribution in [2.45, 2.75) is 116 Å². The molecule has 0 aromatic heterocycles. The van der Waals surface area contributed by atoms with Gasteiger partial charge in [0.2, 0.25) is 5.91 Å². The lowest BCUT2D eigenvalue weighted by atomic mass is 9.43. The van der Waals surface area contributed by atoms with Gasteiger partial charge in [-0.05, 0) is 117 Å². The molecule has 0 bridgehead atoms. The molecule has 3 amide bonds. The van der Waals surface area contributed by atoms with Gasteiger partial charge in [-0.3, -0.25) is 19.3 Å². The molecule has 2 heterocycles. The van der Waals surface area contributed by atoms with E-state index in [-0.39, 0.29) is 52.7 Å². The van der Waals surface area contributed by atoms with Crippen molar-refractivity contribution in [3.8, 4) is 12.3 Å². The van der Waals surface area contributed by atoms with Crippen LogP contribution < -0.4 is 10.6 Å². The Morgan fingerprint density at radius 1 is 1.11 bits per heavy atom. The average Bonchev–Trinajstić information content (AvgIpc) is 3.35. The minimum Gasteiger partial charge on any atom is -0.393 e. The largest absolute Gasteiger partial charge is 0.393 e. The third kappa shape index (κ3) is 5.11. The van der Waals surface area contributed by atoms with Crippen molar-refractivity contribution in [2.24, 2.45) is 46.3 Å². The van der Waals surface area contributed by atoms with E-state index < -0.39 is 6.04 Å². The molecule has 4 N–H and O–H groups in total. The summed E-state index contributed by atoms with van der Waals surface area (Å²) in [6, 6.07) is -0.617. The molecule has 9 heteroatoms. The Morgan fingerprint density at radius 3 is 2.59 bits per heavy atom. The van der Waals surface area contributed by atoms with Crippen molar-refractivity contribution in [2.75, 3.05) is 12.3 Å². The van der Waals surface area contributed by atoms with Crippen LogP contribution in [0.3, 0.4) is 0 Å². The molecule has 4 saturated carbocycles. The third-order valence-electron chi connectivity index (χ3n) is 13.3. The zero-order valence-corrected chi connectivity index (χ0v) is 27.6. The minimum absolute atomic E-state index is 0.0985. The van der Waals surface area contributed by atoms with E-state index in [1.165, 1.54) is 11.3 Å². The lowest BCUT2D eigenvalue weighted by Crippen LogP contribution is -2.70. The van der Waals surface area contributed by atoms with Gasteiger partial charge < -0.3 is 20.8 Å². The number of carbonyl (C=O) groups excluding carboxylic acids is 3. The normalized spacial score (nSPS) is 43.4. The number of nitrogens with one attached hydrogen (secondary N) is 2. The van der Waals surface area contributed by atoms with Crippen LogP contribution in [0, 0.1) is 58.7 Å². The Kier molecular flexibility index (Phi) is 8.69. The molecule has 4 aliphatic carbocycles. The van der Waals surface area contributed by atoms with Gasteiger partial charge in [0.1, 0.15) is 17.1 Å². The van der Waals surface area contributed by atoms with E-state index in [1.807, 2.05) is 6.92 Å². The van der Waals surface area contributed by atoms with Crippen LogP contribution in [0.1, 0.15) is 91.9 Å². The number of hydrogen-bond donors (Lipinski definition) is 4. The van der Waals surface area contributed by atoms with Gasteiger partial charge in [-0.1, -0.05) is 26.7 Å². The molecule has 0 aromatic rings. The average molecular weight is 626 g/mol. The van der Waals surface area contributed by atoms with Crippen molar-refractivity contribution in [3.05, 3.63) is 11.3 Å². The second-order valence-electron chi connectivity index (χ2n) is 15.4. The molecule has 5 fully saturated rings. The maximum Gasteiger partial charge on any atom is 0.268 e. The lowest BCUT2D eigenvalue weighted by Gasteiger charge is -2.62. The van der Waals surface area contributed by atoms with Gasteiger partial charge in [-0.25, -0.2) is 0 Å². The zero-order chi connectivity index (χ0) is 31.6. The smallest absolute Gasteiger partial charge is 0.268 e. The number of carbonyl (C=O) groups is 3. The van der Waals surface area contributed by atoms with Gasteiger partial charge in [-0.2, -0.15) is 0 Å². The highest BCUT2D eigenvalue weighted by molar-refractivity contribution is 8.00. The summed E-state index contributed by atoms with van der Waals surface area (Å²) in [5, 5.41) is 27.3. The Morgan fingerprint density at radius 2 is 1.84 bits per heavy atom. The van der Waals surface area contributed by atoms with E-state index in [0.29, 0.717) is 53.4 Å². The first kappa shape index (κ1) is 31.9. The first-order valence-electron chi connectivity index (χ1n) is 16.9. The van der Waals surface area contributed by atoms with Crippen LogP contribution in [0.2, 0.25) is 0 Å². The number of β-lactam (4-membered cyclic amide) rings is 1. The minimum atomic E-state index is -0.617. The fraction of sp³-hybridized carbons (Fsp3) is 0.800. The van der Waals surface area contributed by atoms with Gasteiger partial charge in [0.15, 0.2) is 0 Å². The summed E-state index contributed by atoms with van der Waals surface area (Å²) < 4.78 is 0. The number of terminal acetylenes is 1. The summed E-state index contributed by atoms with van der Waals surface area (Å²) in [5.41, 5.74) is 1.58. The summed E-state index contributed by atoms with van der Waals surface area (Å²) >= 11 is 1.57. The summed E-state index contributed by atoms with van der Waals surface area (Å²) in [6.45, 7) is 9.15. The Bertz CT molecular complexity index is 1260. The van der Waals surface area contributed by atoms with E-state index in [9.17, 15) is 24.6 Å². The molecule has 1 saturated heterocycles. The highest BCUT2D eigenvalue weighted by atomic mass is 32.2. The highest BCUT2D eigenvalue weighted by Gasteiger charge is 2.63. The first-order chi connectivity index (χ1) is 20.9. The van der Waals surface area contributed by atoms with Crippen molar-refractivity contribution in [3.63, 3.8) is 0 Å². The summed E-state index contributed by atoms with van der Waals surface area (Å²) in [7, 11) is 0. The molecule has 4 unspecified atom stereocenters. The van der Waals surface area contributed by atoms with Crippen LogP contribution in [-0.4, -0.2) is 68.8 Å². The number of thioether (sulfide) groups is 1. The molecular weight excluding hydrogens is 574 g/mol. The maximum atomic E-state index is 13.1. The number of fused-ring (bicyclic) bond motifs is 6. The van der Waals surface area contributed by atoms with Crippen molar-refractivity contribution in [1.82, 2.24) is 15.5 Å². The standard InChI is InChI=1S/C35H51N3O5S/c1-6-15-36-31(42)30-20(3)18-44-33-29(32(43)38(30)33)37-27(41)10-7-19(2)23-8-9-24-28-25(12-14-35(23,24)5)34(4)13-11-22(39)16-21(34)17-26(28)40/h1,19,21-26,28-29,33,39-40H,7-18H2,2-5H3,(H,36,42)(H,37,41)/t19-,21+,22-,23-,24+,25?,26?,28+,29?,33?,34+,35-/m1/s1. The summed E-state index contributed by atoms with van der Waals surface area (Å²) in [4.78, 5) is 40.4. The molecule has 8 nitrogen and oxygen atoms in total. The first-order valence-corrected chi connectivity index (χ1v) is 18.0. The van der Waals surface area contributed by atoms with E-state index in [0.717, 1.165) is 56.9 Å². The van der Waals surface area contributed by atoms with Crippen molar-refractivity contribution in [1.29, 1.82) is 0 Å². The number of rotatable bonds is 7. The molecule has 0 aromatic carbocycles. The fourth-order valence-electron chi connectivity index (χ4n) is 11.0. The van der Waals surface area contributed by atoms with Crippen LogP contribution in [0.25, 0.3) is 0 Å². The molecule has 6 rings (SSSR count). The van der Waals surface area contributed by atoms with Gasteiger partial charge in [0.25, 0.3) is 11.8 Å². The second-order valence-corrected chi connectivity index (χ2v) is 16.5. The van der Waals surface area contributed by atoms with Crippen LogP contribution in [-0.2, 0) is 14.4 Å². The number of amides is 3. The Labute approximate surface area is 266 Å². The molecule has 242 valence electrons. The van der Waals surface area contributed by atoms with E-state index in [4.69, 9.17) is 6.42 Å². The zero-order valence-electron chi connectivity index (χ0n) is 26.8. The van der Waals surface area contributed by atoms with Gasteiger partial charge in [0, 0.05) is 12.2 Å². The summed E-state index contributed by atoms with van der Waals surface area (Å²) in [6.07, 6.45) is 14.2. The number of hydrogen-bond acceptors (Lipinski definition) is 6. The van der Waals surface area contributed by atoms with Gasteiger partial charge >= 0.3 is 0 Å². The van der Waals surface area contributed by atoms with Gasteiger partial charge in [-0.15, -0.1) is 18.2 Å². The number of nitrogens with zero attached hydrogens (tertiary/aromatic N) is 1. The van der Waals surface area contributed by atoms with E-state index >= 15 is 0 Å².